The first-order valence-electron chi connectivity index (χ1n) is 6.12. The summed E-state index contributed by atoms with van der Waals surface area (Å²) in [6.07, 6.45) is 2.67. The lowest BCUT2D eigenvalue weighted by molar-refractivity contribution is 0.277. The maximum atomic E-state index is 4.51. The lowest BCUT2D eigenvalue weighted by Gasteiger charge is -2.22. The number of rotatable bonds is 4. The van der Waals surface area contributed by atoms with Gasteiger partial charge in [-0.1, -0.05) is 6.92 Å². The summed E-state index contributed by atoms with van der Waals surface area (Å²) in [7, 11) is 0. The van der Waals surface area contributed by atoms with Crippen LogP contribution < -0.4 is 5.32 Å². The van der Waals surface area contributed by atoms with E-state index in [2.05, 4.69) is 36.0 Å². The Bertz CT molecular complexity index is 329. The normalized spacial score (nSPS) is 21.6. The Labute approximate surface area is 102 Å². The number of nitrogens with zero attached hydrogens (tertiary/aromatic N) is 2. The highest BCUT2D eigenvalue weighted by Gasteiger charge is 2.22. The van der Waals surface area contributed by atoms with E-state index in [4.69, 9.17) is 0 Å². The lowest BCUT2D eigenvalue weighted by atomic mass is 10.2. The molecule has 2 rings (SSSR count). The molecule has 0 amide bonds. The standard InChI is InChI=1S/C12H21N3S/c1-4-15-7-5-6-11(15)8-13-12-14-9(2)10(3)16-12/h11H,4-8H2,1-3H3,(H,13,14). The van der Waals surface area contributed by atoms with Crippen LogP contribution in [0.4, 0.5) is 5.13 Å². The third-order valence-electron chi connectivity index (χ3n) is 3.42. The molecule has 1 saturated heterocycles. The zero-order chi connectivity index (χ0) is 11.5. The summed E-state index contributed by atoms with van der Waals surface area (Å²) in [5.41, 5.74) is 1.16. The van der Waals surface area contributed by atoms with Crippen molar-refractivity contribution in [2.45, 2.75) is 39.7 Å². The molecular weight excluding hydrogens is 218 g/mol. The Hall–Kier alpha value is -0.610. The zero-order valence-corrected chi connectivity index (χ0v) is 11.2. The third kappa shape index (κ3) is 2.55. The number of likely N-dealkylation sites (tertiary alicyclic amines) is 1. The fraction of sp³-hybridized carbons (Fsp3) is 0.750. The molecule has 1 atom stereocenters. The molecule has 0 aliphatic carbocycles. The summed E-state index contributed by atoms with van der Waals surface area (Å²) in [5.74, 6) is 0. The average Bonchev–Trinajstić information content (AvgIpc) is 2.83. The van der Waals surface area contributed by atoms with Crippen LogP contribution >= 0.6 is 11.3 Å². The largest absolute Gasteiger partial charge is 0.360 e. The fourth-order valence-electron chi connectivity index (χ4n) is 2.30. The average molecular weight is 239 g/mol. The van der Waals surface area contributed by atoms with Crippen LogP contribution in [0.3, 0.4) is 0 Å². The summed E-state index contributed by atoms with van der Waals surface area (Å²) in [6, 6.07) is 0.703. The van der Waals surface area contributed by atoms with E-state index >= 15 is 0 Å². The number of anilines is 1. The van der Waals surface area contributed by atoms with Gasteiger partial charge in [-0.15, -0.1) is 11.3 Å². The molecule has 4 heteroatoms. The zero-order valence-electron chi connectivity index (χ0n) is 10.4. The Kier molecular flexibility index (Phi) is 3.82. The van der Waals surface area contributed by atoms with Gasteiger partial charge in [0.1, 0.15) is 0 Å². The first-order chi connectivity index (χ1) is 7.70. The molecule has 1 unspecified atom stereocenters. The van der Waals surface area contributed by atoms with Gasteiger partial charge in [0.05, 0.1) is 5.69 Å². The minimum absolute atomic E-state index is 0.703. The van der Waals surface area contributed by atoms with Crippen LogP contribution in [-0.4, -0.2) is 35.6 Å². The molecule has 2 heterocycles. The molecule has 1 N–H and O–H groups in total. The van der Waals surface area contributed by atoms with Crippen molar-refractivity contribution in [1.29, 1.82) is 0 Å². The number of likely N-dealkylation sites (N-methyl/N-ethyl adjacent to an activating group) is 1. The predicted octanol–water partition coefficient (Wildman–Crippen LogP) is 2.66. The van der Waals surface area contributed by atoms with Crippen molar-refractivity contribution >= 4 is 16.5 Å². The van der Waals surface area contributed by atoms with Crippen molar-refractivity contribution in [1.82, 2.24) is 9.88 Å². The molecule has 0 aromatic carbocycles. The predicted molar refractivity (Wildman–Crippen MR) is 70.3 cm³/mol. The summed E-state index contributed by atoms with van der Waals surface area (Å²) >= 11 is 1.77. The van der Waals surface area contributed by atoms with Gasteiger partial charge in [-0.05, 0) is 39.8 Å². The second-order valence-corrected chi connectivity index (χ2v) is 5.67. The van der Waals surface area contributed by atoms with E-state index in [0.717, 1.165) is 17.4 Å². The summed E-state index contributed by atoms with van der Waals surface area (Å²) in [4.78, 5) is 8.39. The van der Waals surface area contributed by atoms with Crippen LogP contribution in [0.15, 0.2) is 0 Å². The topological polar surface area (TPSA) is 28.2 Å². The van der Waals surface area contributed by atoms with E-state index in [0.29, 0.717) is 6.04 Å². The van der Waals surface area contributed by atoms with Gasteiger partial charge >= 0.3 is 0 Å². The van der Waals surface area contributed by atoms with Crippen LogP contribution in [0.25, 0.3) is 0 Å². The highest BCUT2D eigenvalue weighted by Crippen LogP contribution is 2.22. The minimum atomic E-state index is 0.703. The number of nitrogens with one attached hydrogen (secondary N) is 1. The molecule has 1 fully saturated rings. The van der Waals surface area contributed by atoms with Crippen molar-refractivity contribution in [3.8, 4) is 0 Å². The number of aryl methyl sites for hydroxylation is 2. The van der Waals surface area contributed by atoms with Crippen molar-refractivity contribution in [2.75, 3.05) is 25.0 Å². The molecule has 1 aliphatic heterocycles. The van der Waals surface area contributed by atoms with Gasteiger partial charge in [-0.2, -0.15) is 0 Å². The van der Waals surface area contributed by atoms with Gasteiger partial charge in [0.25, 0.3) is 0 Å². The molecule has 0 radical (unpaired) electrons. The lowest BCUT2D eigenvalue weighted by Crippen LogP contribution is -2.34. The van der Waals surface area contributed by atoms with Crippen LogP contribution in [0.5, 0.6) is 0 Å². The van der Waals surface area contributed by atoms with E-state index in [1.54, 1.807) is 11.3 Å². The van der Waals surface area contributed by atoms with Gasteiger partial charge < -0.3 is 5.32 Å². The molecule has 1 aromatic rings. The highest BCUT2D eigenvalue weighted by molar-refractivity contribution is 7.15. The SMILES string of the molecule is CCN1CCCC1CNc1nc(C)c(C)s1. The number of hydrogen-bond acceptors (Lipinski definition) is 4. The van der Waals surface area contributed by atoms with Crippen LogP contribution in [0.1, 0.15) is 30.3 Å². The maximum Gasteiger partial charge on any atom is 0.183 e. The molecule has 0 saturated carbocycles. The Morgan fingerprint density at radius 3 is 2.94 bits per heavy atom. The third-order valence-corrected chi connectivity index (χ3v) is 4.45. The van der Waals surface area contributed by atoms with E-state index in [1.807, 2.05) is 0 Å². The van der Waals surface area contributed by atoms with Crippen molar-refractivity contribution in [3.63, 3.8) is 0 Å². The minimum Gasteiger partial charge on any atom is -0.360 e. The van der Waals surface area contributed by atoms with Crippen LogP contribution in [-0.2, 0) is 0 Å². The molecule has 3 nitrogen and oxygen atoms in total. The Morgan fingerprint density at radius 2 is 2.31 bits per heavy atom. The fourth-order valence-corrected chi connectivity index (χ4v) is 3.12. The number of aromatic nitrogens is 1. The molecule has 1 aromatic heterocycles. The summed E-state index contributed by atoms with van der Waals surface area (Å²) in [5, 5.41) is 4.56. The smallest absolute Gasteiger partial charge is 0.183 e. The molecular formula is C12H21N3S. The second kappa shape index (κ2) is 5.15. The van der Waals surface area contributed by atoms with Gasteiger partial charge in [0.15, 0.2) is 5.13 Å². The van der Waals surface area contributed by atoms with Crippen LogP contribution in [0.2, 0.25) is 0 Å². The number of thiazole rings is 1. The molecule has 1 aliphatic rings. The Morgan fingerprint density at radius 1 is 1.50 bits per heavy atom. The van der Waals surface area contributed by atoms with E-state index in [1.165, 1.54) is 30.8 Å². The molecule has 0 bridgehead atoms. The van der Waals surface area contributed by atoms with Crippen LogP contribution in [0, 0.1) is 13.8 Å². The van der Waals surface area contributed by atoms with Gasteiger partial charge in [0, 0.05) is 17.5 Å². The summed E-state index contributed by atoms with van der Waals surface area (Å²) < 4.78 is 0. The van der Waals surface area contributed by atoms with Gasteiger partial charge in [-0.25, -0.2) is 4.98 Å². The quantitative estimate of drug-likeness (QED) is 0.875. The van der Waals surface area contributed by atoms with Crippen molar-refractivity contribution < 1.29 is 0 Å². The first kappa shape index (κ1) is 11.9. The highest BCUT2D eigenvalue weighted by atomic mass is 32.1. The molecule has 16 heavy (non-hydrogen) atoms. The second-order valence-electron chi connectivity index (χ2n) is 4.47. The maximum absolute atomic E-state index is 4.51. The molecule has 0 spiro atoms. The van der Waals surface area contributed by atoms with Crippen molar-refractivity contribution in [3.05, 3.63) is 10.6 Å². The first-order valence-corrected chi connectivity index (χ1v) is 6.94. The summed E-state index contributed by atoms with van der Waals surface area (Å²) in [6.45, 7) is 9.92. The van der Waals surface area contributed by atoms with E-state index in [9.17, 15) is 0 Å². The molecule has 90 valence electrons. The van der Waals surface area contributed by atoms with E-state index < -0.39 is 0 Å². The number of hydrogen-bond donors (Lipinski definition) is 1. The van der Waals surface area contributed by atoms with Gasteiger partial charge in [-0.3, -0.25) is 4.90 Å². The Balaban J connectivity index is 1.87. The van der Waals surface area contributed by atoms with E-state index in [-0.39, 0.29) is 0 Å². The monoisotopic (exact) mass is 239 g/mol. The van der Waals surface area contributed by atoms with Crippen molar-refractivity contribution in [2.24, 2.45) is 0 Å². The van der Waals surface area contributed by atoms with Gasteiger partial charge in [0.2, 0.25) is 0 Å².